The Bertz CT molecular complexity index is 998. The number of carbonyl (C=O) groups is 4. The molecule has 1 atom stereocenters. The quantitative estimate of drug-likeness (QED) is 0.686. The molecule has 1 saturated carbocycles. The minimum atomic E-state index is -0.884. The minimum Gasteiger partial charge on any atom is -0.341 e. The van der Waals surface area contributed by atoms with Gasteiger partial charge in [-0.2, -0.15) is 0 Å². The zero-order valence-corrected chi connectivity index (χ0v) is 19.6. The number of imide groups is 1. The van der Waals surface area contributed by atoms with E-state index in [0.717, 1.165) is 18.4 Å². The summed E-state index contributed by atoms with van der Waals surface area (Å²) in [5.74, 6) is -1.94. The van der Waals surface area contributed by atoms with E-state index in [-0.39, 0.29) is 35.4 Å². The lowest BCUT2D eigenvalue weighted by Crippen LogP contribution is -2.60. The molecule has 2 aliphatic heterocycles. The van der Waals surface area contributed by atoms with E-state index in [1.54, 1.807) is 22.8 Å². The largest absolute Gasteiger partial charge is 0.341 e. The second-order valence-electron chi connectivity index (χ2n) is 9.78. The van der Waals surface area contributed by atoms with Crippen LogP contribution in [-0.4, -0.2) is 76.2 Å². The molecule has 0 radical (unpaired) electrons. The maximum Gasteiger partial charge on any atom is 0.327 e. The predicted octanol–water partition coefficient (Wildman–Crippen LogP) is 2.31. The van der Waals surface area contributed by atoms with Crippen LogP contribution in [0.4, 0.5) is 9.18 Å². The third-order valence-corrected chi connectivity index (χ3v) is 7.06. The molecular formula is C24H31FN4O4. The number of halogens is 1. The van der Waals surface area contributed by atoms with Gasteiger partial charge in [-0.15, -0.1) is 0 Å². The van der Waals surface area contributed by atoms with Crippen molar-refractivity contribution in [1.82, 2.24) is 20.0 Å². The van der Waals surface area contributed by atoms with Gasteiger partial charge in [0.1, 0.15) is 17.4 Å². The molecule has 0 bridgehead atoms. The number of hydrogen-bond acceptors (Lipinski definition) is 4. The molecule has 1 spiro atoms. The van der Waals surface area contributed by atoms with Gasteiger partial charge in [-0.1, -0.05) is 25.5 Å². The third kappa shape index (κ3) is 3.98. The molecule has 2 heterocycles. The number of aryl methyl sites for hydroxylation is 1. The van der Waals surface area contributed by atoms with Crippen LogP contribution in [0.2, 0.25) is 0 Å². The number of carbonyl (C=O) groups excluding carboxylic acids is 4. The lowest BCUT2D eigenvalue weighted by atomic mass is 9.85. The number of likely N-dealkylation sites (tertiary alicyclic amines) is 1. The van der Waals surface area contributed by atoms with Gasteiger partial charge in [-0.05, 0) is 50.7 Å². The molecule has 1 N–H and O–H groups in total. The highest BCUT2D eigenvalue weighted by Crippen LogP contribution is 2.44. The summed E-state index contributed by atoms with van der Waals surface area (Å²) in [7, 11) is 1.51. The van der Waals surface area contributed by atoms with Crippen molar-refractivity contribution < 1.29 is 23.6 Å². The van der Waals surface area contributed by atoms with Gasteiger partial charge in [0.05, 0.1) is 5.56 Å². The number of hydrogen-bond donors (Lipinski definition) is 1. The average Bonchev–Trinajstić information content (AvgIpc) is 3.60. The molecular weight excluding hydrogens is 427 g/mol. The van der Waals surface area contributed by atoms with Crippen molar-refractivity contribution in [2.24, 2.45) is 5.92 Å². The number of amides is 5. The van der Waals surface area contributed by atoms with Crippen LogP contribution in [0.5, 0.6) is 0 Å². The van der Waals surface area contributed by atoms with Crippen LogP contribution < -0.4 is 5.32 Å². The Labute approximate surface area is 193 Å². The molecule has 4 rings (SSSR count). The number of urea groups is 1. The van der Waals surface area contributed by atoms with Gasteiger partial charge in [-0.25, -0.2) is 9.18 Å². The van der Waals surface area contributed by atoms with Crippen molar-refractivity contribution in [2.45, 2.75) is 64.1 Å². The van der Waals surface area contributed by atoms with Gasteiger partial charge >= 0.3 is 6.03 Å². The molecule has 2 saturated heterocycles. The minimum absolute atomic E-state index is 0.0933. The van der Waals surface area contributed by atoms with Crippen molar-refractivity contribution in [1.29, 1.82) is 0 Å². The first-order valence-electron chi connectivity index (χ1n) is 11.5. The fourth-order valence-corrected chi connectivity index (χ4v) is 4.98. The lowest BCUT2D eigenvalue weighted by molar-refractivity contribution is -0.142. The maximum atomic E-state index is 14.2. The maximum absolute atomic E-state index is 14.2. The fraction of sp³-hybridized carbons (Fsp3) is 0.583. The Morgan fingerprint density at radius 1 is 1.15 bits per heavy atom. The molecule has 1 aromatic carbocycles. The summed E-state index contributed by atoms with van der Waals surface area (Å²) in [4.78, 5) is 56.3. The number of nitrogens with one attached hydrogen (secondary N) is 1. The molecule has 3 aliphatic rings. The monoisotopic (exact) mass is 458 g/mol. The summed E-state index contributed by atoms with van der Waals surface area (Å²) < 4.78 is 14.2. The van der Waals surface area contributed by atoms with Crippen LogP contribution in [0.1, 0.15) is 55.5 Å². The Morgan fingerprint density at radius 2 is 1.79 bits per heavy atom. The van der Waals surface area contributed by atoms with Crippen LogP contribution in [0.25, 0.3) is 0 Å². The summed E-state index contributed by atoms with van der Waals surface area (Å²) >= 11 is 0. The van der Waals surface area contributed by atoms with Gasteiger partial charge in [0, 0.05) is 26.2 Å². The van der Waals surface area contributed by atoms with E-state index >= 15 is 0 Å². The van der Waals surface area contributed by atoms with E-state index in [0.29, 0.717) is 25.9 Å². The van der Waals surface area contributed by atoms with Gasteiger partial charge in [0.15, 0.2) is 0 Å². The second-order valence-corrected chi connectivity index (χ2v) is 9.78. The summed E-state index contributed by atoms with van der Waals surface area (Å²) in [6.07, 6.45) is 2.54. The van der Waals surface area contributed by atoms with E-state index < -0.39 is 23.3 Å². The summed E-state index contributed by atoms with van der Waals surface area (Å²) in [5, 5.41) is 2.71. The highest BCUT2D eigenvalue weighted by atomic mass is 19.1. The van der Waals surface area contributed by atoms with Gasteiger partial charge in [-0.3, -0.25) is 19.3 Å². The van der Waals surface area contributed by atoms with Crippen molar-refractivity contribution in [3.8, 4) is 0 Å². The second kappa shape index (κ2) is 8.43. The van der Waals surface area contributed by atoms with Gasteiger partial charge in [0.25, 0.3) is 11.8 Å². The molecule has 1 aliphatic carbocycles. The molecule has 9 heteroatoms. The fourth-order valence-electron chi connectivity index (χ4n) is 4.98. The first-order valence-corrected chi connectivity index (χ1v) is 11.5. The van der Waals surface area contributed by atoms with Crippen molar-refractivity contribution in [3.63, 3.8) is 0 Å². The number of benzene rings is 1. The molecule has 33 heavy (non-hydrogen) atoms. The van der Waals surface area contributed by atoms with Crippen molar-refractivity contribution >= 4 is 23.8 Å². The SMILES string of the molecule is Cc1ccc(F)c(C(=O)N[C@@H](C(=O)N2CCC3(CC2)C(=O)N(C)C(=O)N3C2CC2)C(C)C)c1. The topological polar surface area (TPSA) is 90.0 Å². The van der Waals surface area contributed by atoms with Crippen LogP contribution in [0.3, 0.4) is 0 Å². The smallest absolute Gasteiger partial charge is 0.327 e. The summed E-state index contributed by atoms with van der Waals surface area (Å²) in [6, 6.07) is 3.30. The molecule has 8 nitrogen and oxygen atoms in total. The zero-order chi connectivity index (χ0) is 24.1. The van der Waals surface area contributed by atoms with E-state index in [1.165, 1.54) is 24.1 Å². The van der Waals surface area contributed by atoms with Crippen molar-refractivity contribution in [2.75, 3.05) is 20.1 Å². The third-order valence-electron chi connectivity index (χ3n) is 7.06. The zero-order valence-electron chi connectivity index (χ0n) is 19.6. The highest BCUT2D eigenvalue weighted by molar-refractivity contribution is 6.07. The van der Waals surface area contributed by atoms with E-state index in [4.69, 9.17) is 0 Å². The first kappa shape index (κ1) is 23.2. The molecule has 5 amide bonds. The number of rotatable bonds is 5. The molecule has 0 unspecified atom stereocenters. The number of nitrogens with zero attached hydrogens (tertiary/aromatic N) is 3. The number of likely N-dealkylation sites (N-methyl/N-ethyl adjacent to an activating group) is 1. The predicted molar refractivity (Wildman–Crippen MR) is 119 cm³/mol. The van der Waals surface area contributed by atoms with E-state index in [1.807, 2.05) is 13.8 Å². The molecule has 3 fully saturated rings. The van der Waals surface area contributed by atoms with Crippen LogP contribution in [-0.2, 0) is 9.59 Å². The number of piperidine rings is 1. The van der Waals surface area contributed by atoms with Crippen LogP contribution in [0, 0.1) is 18.7 Å². The summed E-state index contributed by atoms with van der Waals surface area (Å²) in [6.45, 7) is 6.04. The molecule has 0 aromatic heterocycles. The Balaban J connectivity index is 1.47. The van der Waals surface area contributed by atoms with Crippen LogP contribution in [0.15, 0.2) is 18.2 Å². The normalized spacial score (nSPS) is 21.2. The van der Waals surface area contributed by atoms with E-state index in [9.17, 15) is 23.6 Å². The van der Waals surface area contributed by atoms with Gasteiger partial charge < -0.3 is 15.1 Å². The average molecular weight is 459 g/mol. The summed E-state index contributed by atoms with van der Waals surface area (Å²) in [5.41, 5.74) is -0.231. The van der Waals surface area contributed by atoms with Crippen LogP contribution >= 0.6 is 0 Å². The lowest BCUT2D eigenvalue weighted by Gasteiger charge is -2.43. The van der Waals surface area contributed by atoms with Crippen molar-refractivity contribution in [3.05, 3.63) is 35.1 Å². The first-order chi connectivity index (χ1) is 15.6. The Morgan fingerprint density at radius 3 is 2.36 bits per heavy atom. The highest BCUT2D eigenvalue weighted by Gasteiger charge is 2.60. The molecule has 178 valence electrons. The van der Waals surface area contributed by atoms with Gasteiger partial charge in [0.2, 0.25) is 5.91 Å². The molecule has 1 aromatic rings. The Hall–Kier alpha value is -2.97. The standard InChI is InChI=1S/C24H31FN4O4/c1-14(2)19(26-20(30)17-13-15(3)5-8-18(17)25)21(31)28-11-9-24(10-12-28)22(32)27(4)23(33)29(24)16-6-7-16/h5,8,13-14,16,19H,6-7,9-12H2,1-4H3,(H,26,30)/t19-/m1/s1. The Kier molecular flexibility index (Phi) is 5.92. The van der Waals surface area contributed by atoms with E-state index in [2.05, 4.69) is 5.32 Å².